The lowest BCUT2D eigenvalue weighted by Gasteiger charge is -2.25. The van der Waals surface area contributed by atoms with Crippen molar-refractivity contribution in [2.24, 2.45) is 0 Å². The van der Waals surface area contributed by atoms with E-state index >= 15 is 0 Å². The molecule has 0 saturated heterocycles. The lowest BCUT2D eigenvalue weighted by molar-refractivity contribution is 0.575. The van der Waals surface area contributed by atoms with Crippen molar-refractivity contribution in [2.75, 3.05) is 18.0 Å². The minimum atomic E-state index is 1.19. The Bertz CT molecular complexity index is 670. The van der Waals surface area contributed by atoms with Crippen LogP contribution in [-0.4, -0.2) is 13.1 Å². The Kier molecular flexibility index (Phi) is 13.6. The summed E-state index contributed by atoms with van der Waals surface area (Å²) in [6, 6.07) is 19.7. The normalized spacial score (nSPS) is 11.3. The highest BCUT2D eigenvalue weighted by molar-refractivity contribution is 5.70. The van der Waals surface area contributed by atoms with Gasteiger partial charge in [-0.1, -0.05) is 133 Å². The smallest absolute Gasteiger partial charge is 0.0366 e. The van der Waals surface area contributed by atoms with Gasteiger partial charge < -0.3 is 4.90 Å². The van der Waals surface area contributed by atoms with Crippen LogP contribution < -0.4 is 4.90 Å². The third-order valence-electron chi connectivity index (χ3n) is 6.09. The van der Waals surface area contributed by atoms with Crippen LogP contribution in [0.1, 0.15) is 102 Å². The minimum Gasteiger partial charge on any atom is -0.372 e. The second-order valence-corrected chi connectivity index (χ2v) is 8.86. The number of nitrogens with zero attached hydrogens (tertiary/aromatic N) is 1. The van der Waals surface area contributed by atoms with Crippen molar-refractivity contribution in [2.45, 2.75) is 90.9 Å². The van der Waals surface area contributed by atoms with E-state index in [2.05, 4.69) is 85.5 Å². The molecule has 31 heavy (non-hydrogen) atoms. The van der Waals surface area contributed by atoms with Gasteiger partial charge in [-0.25, -0.2) is 0 Å². The molecular weight excluding hydrogens is 374 g/mol. The first-order valence-electron chi connectivity index (χ1n) is 12.9. The van der Waals surface area contributed by atoms with E-state index in [-0.39, 0.29) is 0 Å². The number of hydrogen-bond acceptors (Lipinski definition) is 1. The highest BCUT2D eigenvalue weighted by Crippen LogP contribution is 2.19. The lowest BCUT2D eigenvalue weighted by atomic mass is 10.1. The highest BCUT2D eigenvalue weighted by Gasteiger charge is 2.06. The lowest BCUT2D eigenvalue weighted by Crippen LogP contribution is -2.25. The van der Waals surface area contributed by atoms with Gasteiger partial charge in [0.2, 0.25) is 0 Å². The van der Waals surface area contributed by atoms with Gasteiger partial charge in [0.05, 0.1) is 0 Å². The monoisotopic (exact) mass is 419 g/mol. The second-order valence-electron chi connectivity index (χ2n) is 8.86. The van der Waals surface area contributed by atoms with Gasteiger partial charge in [0.15, 0.2) is 0 Å². The summed E-state index contributed by atoms with van der Waals surface area (Å²) in [6.45, 7) is 6.97. The van der Waals surface area contributed by atoms with Crippen molar-refractivity contribution in [1.29, 1.82) is 0 Å². The fraction of sp³-hybridized carbons (Fsp3) is 0.533. The van der Waals surface area contributed by atoms with Crippen LogP contribution in [0, 0.1) is 0 Å². The van der Waals surface area contributed by atoms with E-state index in [0.29, 0.717) is 0 Å². The van der Waals surface area contributed by atoms with Crippen molar-refractivity contribution >= 4 is 17.8 Å². The quantitative estimate of drug-likeness (QED) is 0.182. The third kappa shape index (κ3) is 11.2. The van der Waals surface area contributed by atoms with Gasteiger partial charge in [-0.2, -0.15) is 0 Å². The summed E-state index contributed by atoms with van der Waals surface area (Å²) in [4.78, 5) is 2.63. The Morgan fingerprint density at radius 3 is 1.48 bits per heavy atom. The molecule has 0 spiro atoms. The molecular formula is C30H45N. The maximum absolute atomic E-state index is 2.63. The fourth-order valence-corrected chi connectivity index (χ4v) is 4.09. The summed E-state index contributed by atoms with van der Waals surface area (Å²) in [7, 11) is 0. The van der Waals surface area contributed by atoms with Crippen LogP contribution in [0.3, 0.4) is 0 Å². The van der Waals surface area contributed by atoms with Crippen LogP contribution in [0.4, 0.5) is 5.69 Å². The molecule has 2 aromatic carbocycles. The van der Waals surface area contributed by atoms with Crippen LogP contribution in [-0.2, 0) is 0 Å². The van der Waals surface area contributed by atoms with Gasteiger partial charge in [-0.05, 0) is 36.1 Å². The molecule has 0 fully saturated rings. The standard InChI is InChI=1S/C30H45N/c1-3-5-7-9-11-16-26-31(27-17-12-10-8-6-4-2)30-24-22-29(23-25-30)21-20-28-18-14-13-15-19-28/h13-15,18-25H,3-12,16-17,26-27H2,1-2H3. The molecule has 0 aromatic heterocycles. The molecule has 2 rings (SSSR count). The van der Waals surface area contributed by atoms with E-state index in [9.17, 15) is 0 Å². The van der Waals surface area contributed by atoms with Crippen LogP contribution in [0.2, 0.25) is 0 Å². The Morgan fingerprint density at radius 1 is 0.516 bits per heavy atom. The van der Waals surface area contributed by atoms with Crippen molar-refractivity contribution in [3.63, 3.8) is 0 Å². The van der Waals surface area contributed by atoms with Crippen molar-refractivity contribution < 1.29 is 0 Å². The molecule has 0 radical (unpaired) electrons. The van der Waals surface area contributed by atoms with E-state index in [4.69, 9.17) is 0 Å². The largest absolute Gasteiger partial charge is 0.372 e. The van der Waals surface area contributed by atoms with E-state index in [1.807, 2.05) is 0 Å². The predicted octanol–water partition coefficient (Wildman–Crippen LogP) is 9.38. The Hall–Kier alpha value is -2.02. The van der Waals surface area contributed by atoms with Gasteiger partial charge in [0.1, 0.15) is 0 Å². The molecule has 1 nitrogen and oxygen atoms in total. The molecule has 0 heterocycles. The van der Waals surface area contributed by atoms with E-state index < -0.39 is 0 Å². The average Bonchev–Trinajstić information content (AvgIpc) is 2.82. The first-order chi connectivity index (χ1) is 15.3. The van der Waals surface area contributed by atoms with Crippen molar-refractivity contribution in [3.8, 4) is 0 Å². The van der Waals surface area contributed by atoms with Gasteiger partial charge in [0.25, 0.3) is 0 Å². The van der Waals surface area contributed by atoms with Crippen molar-refractivity contribution in [3.05, 3.63) is 65.7 Å². The number of rotatable bonds is 17. The minimum absolute atomic E-state index is 1.19. The zero-order chi connectivity index (χ0) is 22.0. The summed E-state index contributed by atoms with van der Waals surface area (Å²) in [5.41, 5.74) is 3.91. The van der Waals surface area contributed by atoms with Gasteiger partial charge in [-0.15, -0.1) is 0 Å². The molecule has 0 aliphatic carbocycles. The SMILES string of the molecule is CCCCCCCCN(CCCCCCCC)c1ccc(C=Cc2ccccc2)cc1. The number of anilines is 1. The summed E-state index contributed by atoms with van der Waals surface area (Å²) >= 11 is 0. The van der Waals surface area contributed by atoms with Crippen LogP contribution in [0.25, 0.3) is 12.2 Å². The topological polar surface area (TPSA) is 3.24 Å². The molecule has 0 aliphatic rings. The molecule has 1 heteroatoms. The first kappa shape index (κ1) is 25.2. The molecule has 0 amide bonds. The molecule has 0 saturated carbocycles. The average molecular weight is 420 g/mol. The fourth-order valence-electron chi connectivity index (χ4n) is 4.09. The highest BCUT2D eigenvalue weighted by atomic mass is 15.1. The third-order valence-corrected chi connectivity index (χ3v) is 6.09. The molecule has 170 valence electrons. The van der Waals surface area contributed by atoms with Crippen molar-refractivity contribution in [1.82, 2.24) is 0 Å². The number of benzene rings is 2. The van der Waals surface area contributed by atoms with Crippen LogP contribution in [0.15, 0.2) is 54.6 Å². The zero-order valence-electron chi connectivity index (χ0n) is 20.2. The van der Waals surface area contributed by atoms with Gasteiger partial charge >= 0.3 is 0 Å². The predicted molar refractivity (Wildman–Crippen MR) is 141 cm³/mol. The molecule has 0 N–H and O–H groups in total. The van der Waals surface area contributed by atoms with E-state index in [0.717, 1.165) is 0 Å². The second kappa shape index (κ2) is 16.6. The van der Waals surface area contributed by atoms with E-state index in [1.54, 1.807) is 0 Å². The molecule has 0 unspecified atom stereocenters. The summed E-state index contributed by atoms with van der Waals surface area (Å²) in [6.07, 6.45) is 20.8. The van der Waals surface area contributed by atoms with Crippen LogP contribution >= 0.6 is 0 Å². The van der Waals surface area contributed by atoms with Gasteiger partial charge in [0, 0.05) is 18.8 Å². The Labute approximate surface area is 192 Å². The molecule has 0 bridgehead atoms. The molecule has 2 aromatic rings. The molecule has 0 atom stereocenters. The summed E-state index contributed by atoms with van der Waals surface area (Å²) < 4.78 is 0. The van der Waals surface area contributed by atoms with Crippen LogP contribution in [0.5, 0.6) is 0 Å². The summed E-state index contributed by atoms with van der Waals surface area (Å²) in [5, 5.41) is 0. The Balaban J connectivity index is 1.87. The number of hydrogen-bond donors (Lipinski definition) is 0. The maximum Gasteiger partial charge on any atom is 0.0366 e. The zero-order valence-corrected chi connectivity index (χ0v) is 20.2. The summed E-state index contributed by atoms with van der Waals surface area (Å²) in [5.74, 6) is 0. The number of unbranched alkanes of at least 4 members (excludes halogenated alkanes) is 10. The molecule has 0 aliphatic heterocycles. The Morgan fingerprint density at radius 2 is 0.968 bits per heavy atom. The first-order valence-corrected chi connectivity index (χ1v) is 12.9. The van der Waals surface area contributed by atoms with Gasteiger partial charge in [-0.3, -0.25) is 0 Å². The van der Waals surface area contributed by atoms with E-state index in [1.165, 1.54) is 107 Å². The maximum atomic E-state index is 2.63.